The van der Waals surface area contributed by atoms with Gasteiger partial charge in [-0.25, -0.2) is 8.42 Å². The van der Waals surface area contributed by atoms with E-state index in [1.54, 1.807) is 22.1 Å². The number of thioether (sulfide) groups is 1. The molecule has 0 N–H and O–H groups in total. The summed E-state index contributed by atoms with van der Waals surface area (Å²) in [5.41, 5.74) is 0.970. The second-order valence-corrected chi connectivity index (χ2v) is 11.7. The molecule has 2 unspecified atom stereocenters. The fourth-order valence-corrected chi connectivity index (χ4v) is 6.79. The highest BCUT2D eigenvalue weighted by atomic mass is 35.5. The molecule has 0 aliphatic carbocycles. The van der Waals surface area contributed by atoms with Crippen molar-refractivity contribution in [3.63, 3.8) is 0 Å². The van der Waals surface area contributed by atoms with Gasteiger partial charge in [0.1, 0.15) is 5.37 Å². The van der Waals surface area contributed by atoms with Gasteiger partial charge in [-0.3, -0.25) is 9.69 Å². The van der Waals surface area contributed by atoms with Crippen LogP contribution in [0.15, 0.2) is 18.2 Å². The molecule has 1 aromatic rings. The van der Waals surface area contributed by atoms with Crippen LogP contribution in [0, 0.1) is 0 Å². The number of carbonyl (C=O) groups is 1. The third-order valence-corrected chi connectivity index (χ3v) is 9.53. The minimum absolute atomic E-state index is 0.0847. The zero-order valence-corrected chi connectivity index (χ0v) is 19.8. The second-order valence-electron chi connectivity index (χ2n) is 7.39. The van der Waals surface area contributed by atoms with Crippen LogP contribution in [0.1, 0.15) is 31.2 Å². The molecule has 2 heterocycles. The van der Waals surface area contributed by atoms with Gasteiger partial charge in [0.05, 0.1) is 21.0 Å². The van der Waals surface area contributed by atoms with Gasteiger partial charge in [0.25, 0.3) is 0 Å². The third-order valence-electron chi connectivity index (χ3n) is 5.32. The summed E-state index contributed by atoms with van der Waals surface area (Å²) in [5.74, 6) is 0.325. The molecule has 29 heavy (non-hydrogen) atoms. The van der Waals surface area contributed by atoms with Gasteiger partial charge in [0.15, 0.2) is 0 Å². The molecule has 0 radical (unpaired) electrons. The summed E-state index contributed by atoms with van der Waals surface area (Å²) in [7, 11) is -3.14. The summed E-state index contributed by atoms with van der Waals surface area (Å²) in [6.45, 7) is 7.52. The zero-order valence-electron chi connectivity index (χ0n) is 16.7. The molecule has 2 aliphatic rings. The monoisotopic (exact) mass is 479 g/mol. The molecule has 2 fully saturated rings. The maximum Gasteiger partial charge on any atom is 0.236 e. The number of carbonyl (C=O) groups excluding carboxylic acids is 1. The first-order valence-electron chi connectivity index (χ1n) is 9.84. The van der Waals surface area contributed by atoms with Crippen molar-refractivity contribution in [3.8, 4) is 0 Å². The topological polar surface area (TPSA) is 60.9 Å². The van der Waals surface area contributed by atoms with Gasteiger partial charge in [-0.2, -0.15) is 4.31 Å². The number of benzene rings is 1. The maximum atomic E-state index is 12.7. The Kier molecular flexibility index (Phi) is 7.78. The van der Waals surface area contributed by atoms with Crippen molar-refractivity contribution in [2.24, 2.45) is 0 Å². The van der Waals surface area contributed by atoms with E-state index in [-0.39, 0.29) is 22.3 Å². The largest absolute Gasteiger partial charge is 0.324 e. The molecular weight excluding hydrogens is 453 g/mol. The van der Waals surface area contributed by atoms with Crippen LogP contribution in [0.4, 0.5) is 0 Å². The number of hydrogen-bond acceptors (Lipinski definition) is 5. The van der Waals surface area contributed by atoms with Crippen molar-refractivity contribution in [3.05, 3.63) is 33.8 Å². The molecule has 0 spiro atoms. The van der Waals surface area contributed by atoms with Gasteiger partial charge >= 0.3 is 0 Å². The number of sulfonamides is 1. The fourth-order valence-electron chi connectivity index (χ4n) is 3.69. The summed E-state index contributed by atoms with van der Waals surface area (Å²) in [6.07, 6.45) is 0.631. The van der Waals surface area contributed by atoms with Gasteiger partial charge in [-0.05, 0) is 31.0 Å². The summed E-state index contributed by atoms with van der Waals surface area (Å²) in [5, 5.41) is 0.797. The van der Waals surface area contributed by atoms with Gasteiger partial charge < -0.3 is 4.90 Å². The molecule has 2 aliphatic heterocycles. The van der Waals surface area contributed by atoms with E-state index in [1.165, 1.54) is 0 Å². The zero-order chi connectivity index (χ0) is 21.2. The lowest BCUT2D eigenvalue weighted by Crippen LogP contribution is -2.50. The van der Waals surface area contributed by atoms with Crippen molar-refractivity contribution in [2.45, 2.75) is 30.9 Å². The molecular formula is C19H27Cl2N3O3S2. The van der Waals surface area contributed by atoms with E-state index in [2.05, 4.69) is 4.90 Å². The first-order chi connectivity index (χ1) is 13.7. The Hall–Kier alpha value is -0.510. The maximum absolute atomic E-state index is 12.7. The van der Waals surface area contributed by atoms with E-state index in [9.17, 15) is 13.2 Å². The Morgan fingerprint density at radius 3 is 2.41 bits per heavy atom. The summed E-state index contributed by atoms with van der Waals surface area (Å²) in [6, 6.07) is 5.51. The van der Waals surface area contributed by atoms with Crippen LogP contribution < -0.4 is 0 Å². The van der Waals surface area contributed by atoms with Crippen LogP contribution in [0.2, 0.25) is 10.0 Å². The Morgan fingerprint density at radius 1 is 1.10 bits per heavy atom. The molecule has 10 heteroatoms. The van der Waals surface area contributed by atoms with Crippen LogP contribution in [0.25, 0.3) is 0 Å². The number of hydrogen-bond donors (Lipinski definition) is 0. The Morgan fingerprint density at radius 2 is 1.79 bits per heavy atom. The van der Waals surface area contributed by atoms with Gasteiger partial charge in [0, 0.05) is 39.3 Å². The average molecular weight is 480 g/mol. The molecule has 1 aromatic carbocycles. The minimum Gasteiger partial charge on any atom is -0.324 e. The molecule has 0 saturated carbocycles. The predicted molar refractivity (Wildman–Crippen MR) is 120 cm³/mol. The predicted octanol–water partition coefficient (Wildman–Crippen LogP) is 3.31. The van der Waals surface area contributed by atoms with E-state index >= 15 is 0 Å². The van der Waals surface area contributed by atoms with Crippen molar-refractivity contribution in [1.29, 1.82) is 0 Å². The molecule has 0 aromatic heterocycles. The molecule has 0 bridgehead atoms. The van der Waals surface area contributed by atoms with Crippen molar-refractivity contribution >= 4 is 50.9 Å². The SMILES string of the molecule is CCCS(=O)(=O)N1CCN(CCN2C(=O)C(C)SC2c2ccc(Cl)c(Cl)c2)CC1. The quantitative estimate of drug-likeness (QED) is 0.600. The van der Waals surface area contributed by atoms with E-state index in [4.69, 9.17) is 23.2 Å². The lowest BCUT2D eigenvalue weighted by molar-refractivity contribution is -0.130. The van der Waals surface area contributed by atoms with Crippen LogP contribution >= 0.6 is 35.0 Å². The summed E-state index contributed by atoms with van der Waals surface area (Å²) in [4.78, 5) is 16.8. The normalized spacial score (nSPS) is 24.4. The lowest BCUT2D eigenvalue weighted by Gasteiger charge is -2.35. The Bertz CT molecular complexity index is 845. The smallest absolute Gasteiger partial charge is 0.236 e. The molecule has 1 amide bonds. The van der Waals surface area contributed by atoms with Crippen molar-refractivity contribution < 1.29 is 13.2 Å². The second kappa shape index (κ2) is 9.75. The van der Waals surface area contributed by atoms with Crippen molar-refractivity contribution in [1.82, 2.24) is 14.1 Å². The molecule has 2 atom stereocenters. The highest BCUT2D eigenvalue weighted by molar-refractivity contribution is 8.01. The number of piperazine rings is 1. The van der Waals surface area contributed by atoms with Crippen LogP contribution in [-0.4, -0.2) is 78.7 Å². The average Bonchev–Trinajstić information content (AvgIpc) is 2.97. The van der Waals surface area contributed by atoms with Gasteiger partial charge in [-0.1, -0.05) is 36.2 Å². The van der Waals surface area contributed by atoms with Crippen LogP contribution in [0.5, 0.6) is 0 Å². The first kappa shape index (κ1) is 23.2. The van der Waals surface area contributed by atoms with Gasteiger partial charge in [0.2, 0.25) is 15.9 Å². The summed E-state index contributed by atoms with van der Waals surface area (Å²) >= 11 is 13.8. The highest BCUT2D eigenvalue weighted by Gasteiger charge is 2.38. The number of rotatable bonds is 7. The van der Waals surface area contributed by atoms with E-state index in [0.29, 0.717) is 49.2 Å². The van der Waals surface area contributed by atoms with E-state index < -0.39 is 10.0 Å². The molecule has 3 rings (SSSR count). The Labute approximate surface area is 187 Å². The van der Waals surface area contributed by atoms with Crippen LogP contribution in [0.3, 0.4) is 0 Å². The van der Waals surface area contributed by atoms with Crippen molar-refractivity contribution in [2.75, 3.05) is 45.0 Å². The van der Waals surface area contributed by atoms with Gasteiger partial charge in [-0.15, -0.1) is 11.8 Å². The van der Waals surface area contributed by atoms with E-state index in [1.807, 2.05) is 30.9 Å². The first-order valence-corrected chi connectivity index (χ1v) is 13.1. The number of nitrogens with zero attached hydrogens (tertiary/aromatic N) is 3. The Balaban J connectivity index is 1.60. The fraction of sp³-hybridized carbons (Fsp3) is 0.632. The molecule has 2 saturated heterocycles. The third kappa shape index (κ3) is 5.40. The molecule has 162 valence electrons. The van der Waals surface area contributed by atoms with Crippen LogP contribution in [-0.2, 0) is 14.8 Å². The summed E-state index contributed by atoms with van der Waals surface area (Å²) < 4.78 is 26.0. The highest BCUT2D eigenvalue weighted by Crippen LogP contribution is 2.43. The standard InChI is InChI=1S/C19H27Cl2N3O3S2/c1-3-12-29(26,27)23-9-6-22(7-10-23)8-11-24-18(25)14(2)28-19(24)15-4-5-16(20)17(21)13-15/h4-5,13-14,19H,3,6-12H2,1-2H3. The number of halogens is 2. The van der Waals surface area contributed by atoms with E-state index in [0.717, 1.165) is 12.1 Å². The minimum atomic E-state index is -3.14. The molecule has 6 nitrogen and oxygen atoms in total. The lowest BCUT2D eigenvalue weighted by atomic mass is 10.2. The number of amides is 1.